The van der Waals surface area contributed by atoms with Gasteiger partial charge in [-0.3, -0.25) is 0 Å². The molecule has 1 nitrogen and oxygen atoms in total. The number of nitrogens with two attached hydrogens (primary N) is 1. The van der Waals surface area contributed by atoms with E-state index in [9.17, 15) is 0 Å². The highest BCUT2D eigenvalue weighted by molar-refractivity contribution is 9.10. The van der Waals surface area contributed by atoms with Gasteiger partial charge in [-0.2, -0.15) is 0 Å². The van der Waals surface area contributed by atoms with Crippen molar-refractivity contribution in [3.63, 3.8) is 0 Å². The summed E-state index contributed by atoms with van der Waals surface area (Å²) in [5.74, 6) is 0. The average molecular weight is 331 g/mol. The minimum absolute atomic E-state index is 0.295. The lowest BCUT2D eigenvalue weighted by Crippen LogP contribution is -2.13. The molecule has 2 aromatic rings. The van der Waals surface area contributed by atoms with Crippen LogP contribution in [0.5, 0.6) is 0 Å². The van der Waals surface area contributed by atoms with E-state index in [-0.39, 0.29) is 6.04 Å². The van der Waals surface area contributed by atoms with Gasteiger partial charge in [-0.25, -0.2) is 0 Å². The molecule has 4 heteroatoms. The van der Waals surface area contributed by atoms with Crippen LogP contribution in [0.2, 0.25) is 10.0 Å². The lowest BCUT2D eigenvalue weighted by atomic mass is 10.00. The van der Waals surface area contributed by atoms with Crippen molar-refractivity contribution in [3.05, 3.63) is 68.1 Å². The van der Waals surface area contributed by atoms with Crippen LogP contribution >= 0.6 is 39.1 Å². The van der Waals surface area contributed by atoms with Gasteiger partial charge in [-0.05, 0) is 23.3 Å². The Hall–Kier alpha value is -0.540. The third kappa shape index (κ3) is 2.66. The van der Waals surface area contributed by atoms with Crippen LogP contribution in [0.3, 0.4) is 0 Å². The van der Waals surface area contributed by atoms with Crippen LogP contribution in [-0.2, 0) is 0 Å². The van der Waals surface area contributed by atoms with E-state index in [2.05, 4.69) is 15.9 Å². The van der Waals surface area contributed by atoms with Crippen molar-refractivity contribution in [1.29, 1.82) is 0 Å². The molecule has 0 amide bonds. The summed E-state index contributed by atoms with van der Waals surface area (Å²) in [5, 5.41) is 1.03. The van der Waals surface area contributed by atoms with Crippen LogP contribution in [0.15, 0.2) is 46.9 Å². The molecule has 17 heavy (non-hydrogen) atoms. The fourth-order valence-electron chi connectivity index (χ4n) is 1.66. The quantitative estimate of drug-likeness (QED) is 0.840. The van der Waals surface area contributed by atoms with Gasteiger partial charge in [0.25, 0.3) is 0 Å². The molecule has 0 aliphatic heterocycles. The summed E-state index contributed by atoms with van der Waals surface area (Å²) in [7, 11) is 0. The Morgan fingerprint density at radius 2 is 1.59 bits per heavy atom. The molecule has 2 aromatic carbocycles. The summed E-state index contributed by atoms with van der Waals surface area (Å²) in [6.45, 7) is 0. The number of rotatable bonds is 2. The third-order valence-corrected chi connectivity index (χ3v) is 4.11. The molecule has 1 atom stereocenters. The maximum atomic E-state index is 6.21. The second-order valence-electron chi connectivity index (χ2n) is 3.64. The normalized spacial score (nSPS) is 12.5. The minimum Gasteiger partial charge on any atom is -0.320 e. The zero-order chi connectivity index (χ0) is 12.4. The highest BCUT2D eigenvalue weighted by atomic mass is 79.9. The van der Waals surface area contributed by atoms with E-state index in [1.807, 2.05) is 36.4 Å². The molecular weight excluding hydrogens is 321 g/mol. The van der Waals surface area contributed by atoms with Crippen LogP contribution in [0, 0.1) is 0 Å². The standard InChI is InChI=1S/C13H10BrCl2N/c14-10-6-2-1-4-8(10)13(17)9-5-3-7-11(15)12(9)16/h1-7,13H,17H2. The van der Waals surface area contributed by atoms with E-state index in [1.54, 1.807) is 6.07 Å². The molecule has 2 N–H and O–H groups in total. The Balaban J connectivity index is 2.48. The zero-order valence-electron chi connectivity index (χ0n) is 8.83. The highest BCUT2D eigenvalue weighted by Gasteiger charge is 2.15. The fraction of sp³-hybridized carbons (Fsp3) is 0.0769. The van der Waals surface area contributed by atoms with Crippen molar-refractivity contribution in [2.75, 3.05) is 0 Å². The Bertz CT molecular complexity index is 543. The first-order valence-corrected chi connectivity index (χ1v) is 6.60. The molecule has 0 fully saturated rings. The number of halogens is 3. The molecule has 0 saturated heterocycles. The smallest absolute Gasteiger partial charge is 0.0643 e. The average Bonchev–Trinajstić information content (AvgIpc) is 2.32. The van der Waals surface area contributed by atoms with Gasteiger partial charge in [-0.15, -0.1) is 0 Å². The summed E-state index contributed by atoms with van der Waals surface area (Å²) in [5.41, 5.74) is 8.02. The number of benzene rings is 2. The molecule has 0 heterocycles. The van der Waals surface area contributed by atoms with Crippen LogP contribution < -0.4 is 5.73 Å². The van der Waals surface area contributed by atoms with E-state index in [1.165, 1.54) is 0 Å². The van der Waals surface area contributed by atoms with Crippen molar-refractivity contribution in [2.45, 2.75) is 6.04 Å². The van der Waals surface area contributed by atoms with Gasteiger partial charge in [0.05, 0.1) is 16.1 Å². The van der Waals surface area contributed by atoms with Gasteiger partial charge < -0.3 is 5.73 Å². The van der Waals surface area contributed by atoms with E-state index < -0.39 is 0 Å². The van der Waals surface area contributed by atoms with E-state index >= 15 is 0 Å². The summed E-state index contributed by atoms with van der Waals surface area (Å²) in [6.07, 6.45) is 0. The summed E-state index contributed by atoms with van der Waals surface area (Å²) in [6, 6.07) is 13.0. The molecule has 1 unspecified atom stereocenters. The van der Waals surface area contributed by atoms with Crippen molar-refractivity contribution < 1.29 is 0 Å². The van der Waals surface area contributed by atoms with Gasteiger partial charge in [0, 0.05) is 4.47 Å². The summed E-state index contributed by atoms with van der Waals surface area (Å²) in [4.78, 5) is 0. The molecular formula is C13H10BrCl2N. The highest BCUT2D eigenvalue weighted by Crippen LogP contribution is 2.34. The predicted molar refractivity (Wildman–Crippen MR) is 76.6 cm³/mol. The first-order valence-electron chi connectivity index (χ1n) is 5.05. The maximum absolute atomic E-state index is 6.21. The molecule has 88 valence electrons. The minimum atomic E-state index is -0.295. The van der Waals surface area contributed by atoms with Crippen LogP contribution in [-0.4, -0.2) is 0 Å². The van der Waals surface area contributed by atoms with Crippen molar-refractivity contribution in [2.24, 2.45) is 5.73 Å². The van der Waals surface area contributed by atoms with Crippen LogP contribution in [0.1, 0.15) is 17.2 Å². The molecule has 0 aliphatic carbocycles. The molecule has 2 rings (SSSR count). The van der Waals surface area contributed by atoms with Crippen molar-refractivity contribution in [1.82, 2.24) is 0 Å². The molecule has 0 radical (unpaired) electrons. The lowest BCUT2D eigenvalue weighted by Gasteiger charge is -2.16. The van der Waals surface area contributed by atoms with Crippen molar-refractivity contribution >= 4 is 39.1 Å². The van der Waals surface area contributed by atoms with Gasteiger partial charge in [-0.1, -0.05) is 69.5 Å². The molecule has 0 aliphatic rings. The van der Waals surface area contributed by atoms with Gasteiger partial charge >= 0.3 is 0 Å². The first kappa shape index (κ1) is 12.9. The summed E-state index contributed by atoms with van der Waals surface area (Å²) < 4.78 is 0.962. The Labute approximate surface area is 119 Å². The third-order valence-electron chi connectivity index (χ3n) is 2.56. The fourth-order valence-corrected chi connectivity index (χ4v) is 2.61. The lowest BCUT2D eigenvalue weighted by molar-refractivity contribution is 0.866. The predicted octanol–water partition coefficient (Wildman–Crippen LogP) is 4.80. The molecule has 0 aromatic heterocycles. The van der Waals surface area contributed by atoms with Crippen LogP contribution in [0.4, 0.5) is 0 Å². The van der Waals surface area contributed by atoms with Crippen LogP contribution in [0.25, 0.3) is 0 Å². The summed E-state index contributed by atoms with van der Waals surface area (Å²) >= 11 is 15.6. The number of hydrogen-bond donors (Lipinski definition) is 1. The SMILES string of the molecule is NC(c1ccccc1Br)c1cccc(Cl)c1Cl. The van der Waals surface area contributed by atoms with Crippen molar-refractivity contribution in [3.8, 4) is 0 Å². The first-order chi connectivity index (χ1) is 8.11. The largest absolute Gasteiger partial charge is 0.320 e. The second-order valence-corrected chi connectivity index (χ2v) is 5.28. The Morgan fingerprint density at radius 1 is 0.941 bits per heavy atom. The van der Waals surface area contributed by atoms with E-state index in [4.69, 9.17) is 28.9 Å². The molecule has 0 bridgehead atoms. The second kappa shape index (κ2) is 5.40. The van der Waals surface area contributed by atoms with Gasteiger partial charge in [0.1, 0.15) is 0 Å². The molecule has 0 spiro atoms. The zero-order valence-corrected chi connectivity index (χ0v) is 11.9. The van der Waals surface area contributed by atoms with E-state index in [0.29, 0.717) is 10.0 Å². The van der Waals surface area contributed by atoms with Gasteiger partial charge in [0.15, 0.2) is 0 Å². The van der Waals surface area contributed by atoms with E-state index in [0.717, 1.165) is 15.6 Å². The monoisotopic (exact) mass is 329 g/mol. The Kier molecular flexibility index (Phi) is 4.10. The number of hydrogen-bond acceptors (Lipinski definition) is 1. The Morgan fingerprint density at radius 3 is 2.29 bits per heavy atom. The van der Waals surface area contributed by atoms with Gasteiger partial charge in [0.2, 0.25) is 0 Å². The molecule has 0 saturated carbocycles. The topological polar surface area (TPSA) is 26.0 Å². The maximum Gasteiger partial charge on any atom is 0.0643 e.